The van der Waals surface area contributed by atoms with Gasteiger partial charge in [-0.2, -0.15) is 4.39 Å². The molecule has 3 aromatic carbocycles. The van der Waals surface area contributed by atoms with Gasteiger partial charge in [-0.25, -0.2) is 26.0 Å². The van der Waals surface area contributed by atoms with Crippen LogP contribution in [0.4, 0.5) is 27.6 Å². The summed E-state index contributed by atoms with van der Waals surface area (Å²) in [7, 11) is -5.11. The first kappa shape index (κ1) is 24.3. The molecule has 0 fully saturated rings. The molecule has 0 saturated carbocycles. The summed E-state index contributed by atoms with van der Waals surface area (Å²) in [6.07, 6.45) is 0. The number of para-hydroxylation sites is 1. The zero-order chi connectivity index (χ0) is 26.6. The first-order valence-corrected chi connectivity index (χ1v) is 12.0. The SMILES string of the molecule is O=C(O)C(c1cccc(-c2cc3ccccc3[nH]2)c1)S(=O)(=O)Nc1c(F)[nH]c2c(F)c(F)c(F)c(F)c12. The largest absolute Gasteiger partial charge is 0.480 e. The van der Waals surface area contributed by atoms with Crippen molar-refractivity contribution in [3.05, 3.63) is 89.4 Å². The van der Waals surface area contributed by atoms with E-state index in [9.17, 15) is 40.3 Å². The molecule has 5 aromatic rings. The van der Waals surface area contributed by atoms with Gasteiger partial charge in [0.05, 0.1) is 10.9 Å². The van der Waals surface area contributed by atoms with Gasteiger partial charge in [0.15, 0.2) is 23.3 Å². The van der Waals surface area contributed by atoms with Crippen LogP contribution in [0, 0.1) is 29.2 Å². The monoisotopic (exact) mass is 535 g/mol. The topological polar surface area (TPSA) is 115 Å². The van der Waals surface area contributed by atoms with Crippen molar-refractivity contribution in [2.75, 3.05) is 4.72 Å². The van der Waals surface area contributed by atoms with Crippen molar-refractivity contribution < 1.29 is 40.3 Å². The molecule has 0 amide bonds. The molecular formula is C24H14F5N3O4S. The predicted octanol–water partition coefficient (Wildman–Crippen LogP) is 5.58. The molecule has 0 aliphatic heterocycles. The highest BCUT2D eigenvalue weighted by molar-refractivity contribution is 7.93. The number of hydrogen-bond donors (Lipinski definition) is 4. The van der Waals surface area contributed by atoms with E-state index < -0.39 is 67.0 Å². The highest BCUT2D eigenvalue weighted by Gasteiger charge is 2.37. The molecule has 0 spiro atoms. The summed E-state index contributed by atoms with van der Waals surface area (Å²) in [5, 5.41) is 6.99. The van der Waals surface area contributed by atoms with Gasteiger partial charge >= 0.3 is 5.97 Å². The number of aromatic amines is 2. The van der Waals surface area contributed by atoms with Crippen molar-refractivity contribution in [3.63, 3.8) is 0 Å². The Kier molecular flexibility index (Phi) is 5.67. The maximum atomic E-state index is 14.5. The van der Waals surface area contributed by atoms with Crippen molar-refractivity contribution in [1.29, 1.82) is 0 Å². The molecule has 13 heteroatoms. The minimum atomic E-state index is -5.11. The summed E-state index contributed by atoms with van der Waals surface area (Å²) in [6.45, 7) is 0. The number of rotatable bonds is 6. The fourth-order valence-electron chi connectivity index (χ4n) is 4.12. The maximum absolute atomic E-state index is 14.5. The van der Waals surface area contributed by atoms with Gasteiger partial charge in [-0.05, 0) is 29.3 Å². The van der Waals surface area contributed by atoms with Crippen molar-refractivity contribution in [2.24, 2.45) is 0 Å². The molecule has 2 aromatic heterocycles. The van der Waals surface area contributed by atoms with E-state index in [4.69, 9.17) is 0 Å². The quantitative estimate of drug-likeness (QED) is 0.129. The Labute approximate surface area is 204 Å². The summed E-state index contributed by atoms with van der Waals surface area (Å²) in [4.78, 5) is 16.8. The number of benzene rings is 3. The lowest BCUT2D eigenvalue weighted by atomic mass is 10.1. The average molecular weight is 535 g/mol. The molecule has 5 rings (SSSR count). The molecule has 0 aliphatic rings. The number of carboxylic acids is 1. The maximum Gasteiger partial charge on any atom is 0.328 e. The van der Waals surface area contributed by atoms with E-state index in [1.165, 1.54) is 18.2 Å². The summed E-state index contributed by atoms with van der Waals surface area (Å²) < 4.78 is 98.0. The van der Waals surface area contributed by atoms with E-state index in [2.05, 4.69) is 4.98 Å². The fourth-order valence-corrected chi connectivity index (χ4v) is 5.48. The Balaban J connectivity index is 1.59. The number of carboxylic acid groups (broad SMARTS) is 1. The van der Waals surface area contributed by atoms with Gasteiger partial charge in [-0.3, -0.25) is 9.52 Å². The number of aromatic nitrogens is 2. The summed E-state index contributed by atoms with van der Waals surface area (Å²) in [5.74, 6) is -12.1. The summed E-state index contributed by atoms with van der Waals surface area (Å²) in [5.41, 5.74) is -0.975. The predicted molar refractivity (Wildman–Crippen MR) is 125 cm³/mol. The summed E-state index contributed by atoms with van der Waals surface area (Å²) in [6, 6.07) is 14.5. The lowest BCUT2D eigenvalue weighted by Gasteiger charge is -2.16. The molecule has 0 saturated heterocycles. The normalized spacial score (nSPS) is 12.8. The van der Waals surface area contributed by atoms with E-state index in [1.807, 2.05) is 18.2 Å². The number of nitrogens with one attached hydrogen (secondary N) is 3. The van der Waals surface area contributed by atoms with E-state index in [-0.39, 0.29) is 5.56 Å². The number of anilines is 1. The number of fused-ring (bicyclic) bond motifs is 2. The number of carbonyl (C=O) groups is 1. The van der Waals surface area contributed by atoms with E-state index in [0.717, 1.165) is 10.9 Å². The third-order valence-electron chi connectivity index (χ3n) is 5.78. The lowest BCUT2D eigenvalue weighted by molar-refractivity contribution is -0.136. The van der Waals surface area contributed by atoms with Gasteiger partial charge < -0.3 is 15.1 Å². The van der Waals surface area contributed by atoms with Crippen LogP contribution in [-0.4, -0.2) is 29.5 Å². The molecule has 1 atom stereocenters. The molecule has 7 nitrogen and oxygen atoms in total. The Bertz CT molecular complexity index is 1800. The minimum absolute atomic E-state index is 0.250. The number of H-pyrrole nitrogens is 2. The fraction of sp³-hybridized carbons (Fsp3) is 0.0417. The molecule has 0 aliphatic carbocycles. The molecule has 2 heterocycles. The van der Waals surface area contributed by atoms with Crippen molar-refractivity contribution in [3.8, 4) is 11.3 Å². The Morgan fingerprint density at radius 1 is 0.865 bits per heavy atom. The van der Waals surface area contributed by atoms with E-state index in [1.54, 1.807) is 27.9 Å². The summed E-state index contributed by atoms with van der Waals surface area (Å²) >= 11 is 0. The van der Waals surface area contributed by atoms with Crippen LogP contribution in [0.25, 0.3) is 33.1 Å². The molecular weight excluding hydrogens is 521 g/mol. The van der Waals surface area contributed by atoms with Crippen LogP contribution < -0.4 is 4.72 Å². The Morgan fingerprint density at radius 3 is 2.27 bits per heavy atom. The second-order valence-electron chi connectivity index (χ2n) is 8.08. The zero-order valence-corrected chi connectivity index (χ0v) is 19.1. The van der Waals surface area contributed by atoms with Gasteiger partial charge in [0, 0.05) is 16.6 Å². The van der Waals surface area contributed by atoms with Crippen LogP contribution in [0.5, 0.6) is 0 Å². The van der Waals surface area contributed by atoms with E-state index >= 15 is 0 Å². The zero-order valence-electron chi connectivity index (χ0n) is 18.2. The molecule has 1 unspecified atom stereocenters. The number of hydrogen-bond acceptors (Lipinski definition) is 3. The van der Waals surface area contributed by atoms with Crippen LogP contribution in [0.2, 0.25) is 0 Å². The van der Waals surface area contributed by atoms with Crippen molar-refractivity contribution in [1.82, 2.24) is 9.97 Å². The first-order valence-electron chi connectivity index (χ1n) is 10.4. The number of sulfonamides is 1. The average Bonchev–Trinajstić information content (AvgIpc) is 3.42. The smallest absolute Gasteiger partial charge is 0.328 e. The van der Waals surface area contributed by atoms with Gasteiger partial charge in [-0.15, -0.1) is 0 Å². The standard InChI is InChI=1S/C24H14F5N3O4S/c25-16-15-20(19(28)18(27)17(16)26)31-23(29)21(15)32-37(35,36)22(24(33)34)12-6-3-5-10(8-12)14-9-11-4-1-2-7-13(11)30-14/h1-9,22,30-32H,(H,33,34). The molecule has 190 valence electrons. The van der Waals surface area contributed by atoms with Gasteiger partial charge in [0.2, 0.25) is 11.2 Å². The van der Waals surface area contributed by atoms with E-state index in [0.29, 0.717) is 11.3 Å². The third kappa shape index (κ3) is 3.96. The highest BCUT2D eigenvalue weighted by Crippen LogP contribution is 2.37. The van der Waals surface area contributed by atoms with Crippen LogP contribution >= 0.6 is 0 Å². The number of halogens is 5. The minimum Gasteiger partial charge on any atom is -0.480 e. The van der Waals surface area contributed by atoms with Gasteiger partial charge in [0.1, 0.15) is 5.69 Å². The Morgan fingerprint density at radius 2 is 1.57 bits per heavy atom. The third-order valence-corrected chi connectivity index (χ3v) is 7.36. The Hall–Kier alpha value is -4.39. The second-order valence-corrected chi connectivity index (χ2v) is 9.85. The number of aliphatic carboxylic acids is 1. The molecule has 37 heavy (non-hydrogen) atoms. The van der Waals surface area contributed by atoms with Crippen molar-refractivity contribution in [2.45, 2.75) is 5.25 Å². The van der Waals surface area contributed by atoms with Gasteiger partial charge in [0.25, 0.3) is 10.0 Å². The van der Waals surface area contributed by atoms with Crippen LogP contribution in [0.15, 0.2) is 54.6 Å². The highest BCUT2D eigenvalue weighted by atomic mass is 32.2. The molecule has 0 radical (unpaired) electrons. The van der Waals surface area contributed by atoms with Gasteiger partial charge in [-0.1, -0.05) is 36.4 Å². The van der Waals surface area contributed by atoms with Crippen LogP contribution in [-0.2, 0) is 14.8 Å². The van der Waals surface area contributed by atoms with Crippen LogP contribution in [0.3, 0.4) is 0 Å². The molecule has 4 N–H and O–H groups in total. The van der Waals surface area contributed by atoms with Crippen molar-refractivity contribution >= 4 is 43.5 Å². The first-order chi connectivity index (χ1) is 17.5. The second kappa shape index (κ2) is 8.62. The molecule has 0 bridgehead atoms. The van der Waals surface area contributed by atoms with Crippen LogP contribution in [0.1, 0.15) is 10.8 Å². The lowest BCUT2D eigenvalue weighted by Crippen LogP contribution is -2.28.